The van der Waals surface area contributed by atoms with Crippen LogP contribution in [0.4, 0.5) is 11.9 Å². The second-order valence-corrected chi connectivity index (χ2v) is 6.20. The summed E-state index contributed by atoms with van der Waals surface area (Å²) in [5.74, 6) is 1.75. The van der Waals surface area contributed by atoms with Gasteiger partial charge in [-0.05, 0) is 44.9 Å². The number of hydrogen-bond acceptors (Lipinski definition) is 7. The van der Waals surface area contributed by atoms with Crippen LogP contribution in [0, 0.1) is 6.92 Å². The largest absolute Gasteiger partial charge is 0.494 e. The van der Waals surface area contributed by atoms with E-state index in [2.05, 4.69) is 25.3 Å². The molecule has 7 nitrogen and oxygen atoms in total. The van der Waals surface area contributed by atoms with Crippen LogP contribution >= 0.6 is 0 Å². The lowest BCUT2D eigenvalue weighted by molar-refractivity contribution is 0.0971. The van der Waals surface area contributed by atoms with Gasteiger partial charge in [-0.25, -0.2) is 19.9 Å². The van der Waals surface area contributed by atoms with Gasteiger partial charge in [-0.1, -0.05) is 0 Å². The number of carbonyl (C=O) groups excluding carboxylic acids is 1. The quantitative estimate of drug-likeness (QED) is 0.772. The van der Waals surface area contributed by atoms with Crippen molar-refractivity contribution in [3.05, 3.63) is 41.3 Å². The Bertz CT molecular complexity index is 1000. The molecule has 0 fully saturated rings. The van der Waals surface area contributed by atoms with Crippen molar-refractivity contribution in [1.82, 2.24) is 19.9 Å². The minimum atomic E-state index is 0.112. The molecule has 0 spiro atoms. The standard InChI is InChI=1S/C19H19N5O2/c1-3-26-12-7-8-16-13(9-12)11(2)21-19(23-16)24-18-20-10-14-15(22-18)5-4-6-17(14)25/h7-10H,3-6H2,1-2H3,(H,20,21,22,23,24). The summed E-state index contributed by atoms with van der Waals surface area (Å²) in [6, 6.07) is 5.74. The zero-order valence-corrected chi connectivity index (χ0v) is 14.7. The van der Waals surface area contributed by atoms with Gasteiger partial charge < -0.3 is 4.74 Å². The molecule has 0 unspecified atom stereocenters. The van der Waals surface area contributed by atoms with Gasteiger partial charge in [0.2, 0.25) is 11.9 Å². The van der Waals surface area contributed by atoms with E-state index in [0.717, 1.165) is 40.9 Å². The third kappa shape index (κ3) is 3.08. The first-order valence-corrected chi connectivity index (χ1v) is 8.71. The highest BCUT2D eigenvalue weighted by Crippen LogP contribution is 2.24. The van der Waals surface area contributed by atoms with Crippen molar-refractivity contribution in [2.45, 2.75) is 33.1 Å². The Kier molecular flexibility index (Phi) is 4.20. The first kappa shape index (κ1) is 16.4. The Morgan fingerprint density at radius 3 is 2.88 bits per heavy atom. The first-order chi connectivity index (χ1) is 12.6. The van der Waals surface area contributed by atoms with Crippen molar-refractivity contribution < 1.29 is 9.53 Å². The zero-order valence-electron chi connectivity index (χ0n) is 14.7. The van der Waals surface area contributed by atoms with E-state index in [-0.39, 0.29) is 5.78 Å². The highest BCUT2D eigenvalue weighted by atomic mass is 16.5. The molecule has 2 aromatic heterocycles. The second kappa shape index (κ2) is 6.67. The summed E-state index contributed by atoms with van der Waals surface area (Å²) in [5, 5.41) is 4.00. The van der Waals surface area contributed by atoms with Crippen molar-refractivity contribution in [3.8, 4) is 5.75 Å². The van der Waals surface area contributed by atoms with E-state index in [1.807, 2.05) is 32.0 Å². The van der Waals surface area contributed by atoms with E-state index < -0.39 is 0 Å². The molecule has 0 saturated heterocycles. The Hall–Kier alpha value is -3.09. The lowest BCUT2D eigenvalue weighted by atomic mass is 9.96. The first-order valence-electron chi connectivity index (χ1n) is 8.71. The molecule has 0 saturated carbocycles. The molecule has 0 aliphatic heterocycles. The number of aromatic nitrogens is 4. The van der Waals surface area contributed by atoms with Crippen molar-refractivity contribution in [2.75, 3.05) is 11.9 Å². The fourth-order valence-corrected chi connectivity index (χ4v) is 3.12. The number of nitrogens with one attached hydrogen (secondary N) is 1. The number of carbonyl (C=O) groups is 1. The minimum Gasteiger partial charge on any atom is -0.494 e. The third-order valence-corrected chi connectivity index (χ3v) is 4.38. The molecule has 1 N–H and O–H groups in total. The summed E-state index contributed by atoms with van der Waals surface area (Å²) < 4.78 is 5.54. The summed E-state index contributed by atoms with van der Waals surface area (Å²) in [6.07, 6.45) is 3.78. The maximum absolute atomic E-state index is 11.9. The molecular formula is C19H19N5O2. The zero-order chi connectivity index (χ0) is 18.1. The maximum atomic E-state index is 11.9. The Morgan fingerprint density at radius 2 is 2.04 bits per heavy atom. The van der Waals surface area contributed by atoms with Gasteiger partial charge in [0, 0.05) is 18.0 Å². The van der Waals surface area contributed by atoms with E-state index in [4.69, 9.17) is 4.74 Å². The van der Waals surface area contributed by atoms with Gasteiger partial charge >= 0.3 is 0 Å². The predicted molar refractivity (Wildman–Crippen MR) is 98.0 cm³/mol. The lowest BCUT2D eigenvalue weighted by Crippen LogP contribution is -2.14. The molecule has 0 bridgehead atoms. The number of aryl methyl sites for hydroxylation is 2. The van der Waals surface area contributed by atoms with Crippen molar-refractivity contribution in [1.29, 1.82) is 0 Å². The van der Waals surface area contributed by atoms with E-state index in [0.29, 0.717) is 30.5 Å². The Labute approximate surface area is 150 Å². The number of hydrogen-bond donors (Lipinski definition) is 1. The molecule has 2 heterocycles. The summed E-state index contributed by atoms with van der Waals surface area (Å²) >= 11 is 0. The van der Waals surface area contributed by atoms with E-state index >= 15 is 0 Å². The monoisotopic (exact) mass is 349 g/mol. The number of nitrogens with zero attached hydrogens (tertiary/aromatic N) is 4. The van der Waals surface area contributed by atoms with E-state index in [1.54, 1.807) is 6.20 Å². The number of benzene rings is 1. The van der Waals surface area contributed by atoms with Crippen LogP contribution in [0.25, 0.3) is 10.9 Å². The van der Waals surface area contributed by atoms with Gasteiger partial charge in [0.25, 0.3) is 0 Å². The van der Waals surface area contributed by atoms with Gasteiger partial charge in [-0.2, -0.15) is 0 Å². The molecule has 1 aliphatic rings. The summed E-state index contributed by atoms with van der Waals surface area (Å²) in [6.45, 7) is 4.49. The highest BCUT2D eigenvalue weighted by Gasteiger charge is 2.19. The average molecular weight is 349 g/mol. The minimum absolute atomic E-state index is 0.112. The normalized spacial score (nSPS) is 13.5. The number of anilines is 2. The summed E-state index contributed by atoms with van der Waals surface area (Å²) in [5.41, 5.74) is 3.07. The smallest absolute Gasteiger partial charge is 0.230 e. The van der Waals surface area contributed by atoms with Gasteiger partial charge in [0.05, 0.1) is 29.1 Å². The Balaban J connectivity index is 1.65. The van der Waals surface area contributed by atoms with Crippen LogP contribution in [-0.4, -0.2) is 32.3 Å². The predicted octanol–water partition coefficient (Wildman–Crippen LogP) is 3.39. The molecule has 0 amide bonds. The van der Waals surface area contributed by atoms with Crippen molar-refractivity contribution in [3.63, 3.8) is 0 Å². The van der Waals surface area contributed by atoms with Crippen LogP contribution in [0.5, 0.6) is 5.75 Å². The molecule has 7 heteroatoms. The van der Waals surface area contributed by atoms with Gasteiger partial charge in [0.15, 0.2) is 5.78 Å². The summed E-state index contributed by atoms with van der Waals surface area (Å²) in [7, 11) is 0. The number of ether oxygens (including phenoxy) is 1. The van der Waals surface area contributed by atoms with E-state index in [9.17, 15) is 4.79 Å². The molecule has 0 atom stereocenters. The molecule has 4 rings (SSSR count). The highest BCUT2D eigenvalue weighted by molar-refractivity contribution is 5.97. The van der Waals surface area contributed by atoms with Crippen LogP contribution in [0.2, 0.25) is 0 Å². The Morgan fingerprint density at radius 1 is 1.15 bits per heavy atom. The number of fused-ring (bicyclic) bond motifs is 2. The number of rotatable bonds is 4. The summed E-state index contributed by atoms with van der Waals surface area (Å²) in [4.78, 5) is 29.6. The molecule has 132 valence electrons. The lowest BCUT2D eigenvalue weighted by Gasteiger charge is -2.14. The van der Waals surface area contributed by atoms with Crippen molar-refractivity contribution in [2.24, 2.45) is 0 Å². The molecule has 1 aromatic carbocycles. The van der Waals surface area contributed by atoms with Crippen LogP contribution in [0.1, 0.15) is 41.5 Å². The van der Waals surface area contributed by atoms with Crippen LogP contribution in [0.3, 0.4) is 0 Å². The van der Waals surface area contributed by atoms with Gasteiger partial charge in [-0.15, -0.1) is 0 Å². The second-order valence-electron chi connectivity index (χ2n) is 6.20. The number of Topliss-reactive ketones (excluding diaryl/α,β-unsaturated/α-hetero) is 1. The molecule has 26 heavy (non-hydrogen) atoms. The average Bonchev–Trinajstić information content (AvgIpc) is 2.63. The molecule has 3 aromatic rings. The number of ketones is 1. The fourth-order valence-electron chi connectivity index (χ4n) is 3.12. The molecular weight excluding hydrogens is 330 g/mol. The van der Waals surface area contributed by atoms with Crippen LogP contribution < -0.4 is 10.1 Å². The van der Waals surface area contributed by atoms with Gasteiger partial charge in [-0.3, -0.25) is 10.1 Å². The topological polar surface area (TPSA) is 89.9 Å². The maximum Gasteiger partial charge on any atom is 0.230 e. The molecule has 0 radical (unpaired) electrons. The van der Waals surface area contributed by atoms with Crippen molar-refractivity contribution >= 4 is 28.6 Å². The SMILES string of the molecule is CCOc1ccc2nc(Nc3ncc4c(n3)CCCC4=O)nc(C)c2c1. The van der Waals surface area contributed by atoms with Crippen LogP contribution in [-0.2, 0) is 6.42 Å². The van der Waals surface area contributed by atoms with E-state index in [1.165, 1.54) is 0 Å². The molecule has 1 aliphatic carbocycles. The fraction of sp³-hybridized carbons (Fsp3) is 0.316. The third-order valence-electron chi connectivity index (χ3n) is 4.38. The van der Waals surface area contributed by atoms with Crippen LogP contribution in [0.15, 0.2) is 24.4 Å². The van der Waals surface area contributed by atoms with Gasteiger partial charge in [0.1, 0.15) is 5.75 Å².